The molecule has 1 aromatic heterocycles. The van der Waals surface area contributed by atoms with Crippen molar-refractivity contribution in [3.63, 3.8) is 0 Å². The molecule has 1 aromatic carbocycles. The van der Waals surface area contributed by atoms with E-state index in [0.29, 0.717) is 36.0 Å². The molecule has 1 unspecified atom stereocenters. The Hall–Kier alpha value is -2.61. The van der Waals surface area contributed by atoms with Crippen molar-refractivity contribution in [2.45, 2.75) is 25.9 Å². The second-order valence-electron chi connectivity index (χ2n) is 5.60. The van der Waals surface area contributed by atoms with E-state index < -0.39 is 6.10 Å². The summed E-state index contributed by atoms with van der Waals surface area (Å²) in [5.41, 5.74) is 0.879. The predicted molar refractivity (Wildman–Crippen MR) is 94.1 cm³/mol. The topological polar surface area (TPSA) is 89.6 Å². The van der Waals surface area contributed by atoms with E-state index in [9.17, 15) is 9.59 Å². The van der Waals surface area contributed by atoms with Crippen LogP contribution in [0.5, 0.6) is 11.5 Å². The van der Waals surface area contributed by atoms with Gasteiger partial charge >= 0.3 is 0 Å². The number of amides is 2. The number of fused-ring (bicyclic) bond motifs is 1. The molecule has 2 aromatic rings. The SMILES string of the molecule is Cc1csc(NC(=O)CCCNC(=O)C2COc3ccccc3O2)n1. The fourth-order valence-corrected chi connectivity index (χ4v) is 3.02. The first kappa shape index (κ1) is 17.2. The third kappa shape index (κ3) is 4.69. The molecule has 0 bridgehead atoms. The summed E-state index contributed by atoms with van der Waals surface area (Å²) in [5, 5.41) is 7.98. The van der Waals surface area contributed by atoms with E-state index in [1.165, 1.54) is 11.3 Å². The molecule has 132 valence electrons. The number of hydrogen-bond acceptors (Lipinski definition) is 6. The fourth-order valence-electron chi connectivity index (χ4n) is 2.32. The van der Waals surface area contributed by atoms with E-state index in [2.05, 4.69) is 15.6 Å². The minimum absolute atomic E-state index is 0.116. The summed E-state index contributed by atoms with van der Waals surface area (Å²) in [6.45, 7) is 2.44. The maximum absolute atomic E-state index is 12.1. The number of rotatable bonds is 6. The summed E-state index contributed by atoms with van der Waals surface area (Å²) >= 11 is 1.39. The molecule has 2 amide bonds. The molecule has 2 N–H and O–H groups in total. The Kier molecular flexibility index (Phi) is 5.49. The van der Waals surface area contributed by atoms with Gasteiger partial charge < -0.3 is 20.1 Å². The molecule has 0 saturated heterocycles. The number of hydrogen-bond donors (Lipinski definition) is 2. The van der Waals surface area contributed by atoms with Gasteiger partial charge in [0.15, 0.2) is 16.6 Å². The highest BCUT2D eigenvalue weighted by atomic mass is 32.1. The molecule has 1 aliphatic heterocycles. The number of nitrogens with one attached hydrogen (secondary N) is 2. The number of ether oxygens (including phenoxy) is 2. The summed E-state index contributed by atoms with van der Waals surface area (Å²) in [6, 6.07) is 7.23. The van der Waals surface area contributed by atoms with Crippen LogP contribution < -0.4 is 20.1 Å². The lowest BCUT2D eigenvalue weighted by molar-refractivity contribution is -0.130. The van der Waals surface area contributed by atoms with Crippen LogP contribution in [0.1, 0.15) is 18.5 Å². The van der Waals surface area contributed by atoms with Crippen LogP contribution in [0.2, 0.25) is 0 Å². The number of benzene rings is 1. The van der Waals surface area contributed by atoms with E-state index in [1.54, 1.807) is 12.1 Å². The summed E-state index contributed by atoms with van der Waals surface area (Å²) in [4.78, 5) is 28.1. The Labute approximate surface area is 149 Å². The zero-order chi connectivity index (χ0) is 17.6. The van der Waals surface area contributed by atoms with E-state index in [0.717, 1.165) is 5.69 Å². The van der Waals surface area contributed by atoms with Crippen LogP contribution >= 0.6 is 11.3 Å². The number of nitrogens with zero attached hydrogens (tertiary/aromatic N) is 1. The lowest BCUT2D eigenvalue weighted by Gasteiger charge is -2.25. The summed E-state index contributed by atoms with van der Waals surface area (Å²) in [7, 11) is 0. The molecule has 0 aliphatic carbocycles. The Balaban J connectivity index is 1.36. The fraction of sp³-hybridized carbons (Fsp3) is 0.353. The maximum Gasteiger partial charge on any atom is 0.264 e. The Morgan fingerprint density at radius 1 is 1.32 bits per heavy atom. The van der Waals surface area contributed by atoms with Gasteiger partial charge in [0.05, 0.1) is 5.69 Å². The van der Waals surface area contributed by atoms with Crippen LogP contribution in [0.4, 0.5) is 5.13 Å². The molecule has 0 fully saturated rings. The number of carbonyl (C=O) groups is 2. The summed E-state index contributed by atoms with van der Waals surface area (Å²) in [5.74, 6) is 0.841. The van der Waals surface area contributed by atoms with E-state index in [-0.39, 0.29) is 18.4 Å². The molecule has 0 saturated carbocycles. The highest BCUT2D eigenvalue weighted by molar-refractivity contribution is 7.13. The molecule has 0 radical (unpaired) electrons. The van der Waals surface area contributed by atoms with Crippen molar-refractivity contribution < 1.29 is 19.1 Å². The molecule has 25 heavy (non-hydrogen) atoms. The normalized spacial score (nSPS) is 15.5. The van der Waals surface area contributed by atoms with Crippen molar-refractivity contribution in [3.8, 4) is 11.5 Å². The average Bonchev–Trinajstić information content (AvgIpc) is 3.02. The highest BCUT2D eigenvalue weighted by Crippen LogP contribution is 2.30. The van der Waals surface area contributed by atoms with Gasteiger partial charge in [-0.3, -0.25) is 9.59 Å². The minimum Gasteiger partial charge on any atom is -0.485 e. The summed E-state index contributed by atoms with van der Waals surface area (Å²) < 4.78 is 11.1. The number of anilines is 1. The zero-order valence-corrected chi connectivity index (χ0v) is 14.6. The minimum atomic E-state index is -0.679. The third-order valence-corrected chi connectivity index (χ3v) is 4.42. The van der Waals surface area contributed by atoms with Crippen molar-refractivity contribution in [2.75, 3.05) is 18.5 Å². The van der Waals surface area contributed by atoms with Crippen molar-refractivity contribution in [1.29, 1.82) is 0 Å². The standard InChI is InChI=1S/C17H19N3O4S/c1-11-10-25-17(19-11)20-15(21)7-4-8-18-16(22)14-9-23-12-5-2-3-6-13(12)24-14/h2-3,5-6,10,14H,4,7-9H2,1H3,(H,18,22)(H,19,20,21). The van der Waals surface area contributed by atoms with Gasteiger partial charge in [0, 0.05) is 18.3 Å². The van der Waals surface area contributed by atoms with Gasteiger partial charge in [-0.1, -0.05) is 12.1 Å². The second-order valence-corrected chi connectivity index (χ2v) is 6.46. The first-order chi connectivity index (χ1) is 12.1. The van der Waals surface area contributed by atoms with E-state index in [1.807, 2.05) is 24.4 Å². The molecule has 1 aliphatic rings. The van der Waals surface area contributed by atoms with E-state index in [4.69, 9.17) is 9.47 Å². The predicted octanol–water partition coefficient (Wildman–Crippen LogP) is 2.13. The smallest absolute Gasteiger partial charge is 0.264 e. The second kappa shape index (κ2) is 7.98. The van der Waals surface area contributed by atoms with Gasteiger partial charge in [-0.25, -0.2) is 4.98 Å². The number of thiazole rings is 1. The molecular weight excluding hydrogens is 342 g/mol. The maximum atomic E-state index is 12.1. The lowest BCUT2D eigenvalue weighted by Crippen LogP contribution is -2.44. The number of aryl methyl sites for hydroxylation is 1. The summed E-state index contributed by atoms with van der Waals surface area (Å²) in [6.07, 6.45) is 0.164. The average molecular weight is 361 g/mol. The Morgan fingerprint density at radius 2 is 2.12 bits per heavy atom. The quantitative estimate of drug-likeness (QED) is 0.770. The molecule has 1 atom stereocenters. The van der Waals surface area contributed by atoms with Gasteiger partial charge in [0.2, 0.25) is 12.0 Å². The Morgan fingerprint density at radius 3 is 2.88 bits per heavy atom. The van der Waals surface area contributed by atoms with E-state index >= 15 is 0 Å². The monoisotopic (exact) mass is 361 g/mol. The first-order valence-corrected chi connectivity index (χ1v) is 8.88. The van der Waals surface area contributed by atoms with Gasteiger partial charge in [-0.15, -0.1) is 11.3 Å². The van der Waals surface area contributed by atoms with Gasteiger partial charge in [0.25, 0.3) is 5.91 Å². The van der Waals surface area contributed by atoms with Crippen LogP contribution in [0, 0.1) is 6.92 Å². The van der Waals surface area contributed by atoms with Crippen molar-refractivity contribution in [2.24, 2.45) is 0 Å². The molecule has 7 nitrogen and oxygen atoms in total. The van der Waals surface area contributed by atoms with Crippen LogP contribution in [-0.2, 0) is 9.59 Å². The van der Waals surface area contributed by atoms with Gasteiger partial charge in [0.1, 0.15) is 6.61 Å². The van der Waals surface area contributed by atoms with Crippen LogP contribution in [0.3, 0.4) is 0 Å². The van der Waals surface area contributed by atoms with Gasteiger partial charge in [-0.2, -0.15) is 0 Å². The molecule has 3 rings (SSSR count). The molecule has 0 spiro atoms. The van der Waals surface area contributed by atoms with Gasteiger partial charge in [-0.05, 0) is 25.5 Å². The Bertz CT molecular complexity index is 762. The highest BCUT2D eigenvalue weighted by Gasteiger charge is 2.26. The number of carbonyl (C=O) groups excluding carboxylic acids is 2. The van der Waals surface area contributed by atoms with Crippen molar-refractivity contribution in [1.82, 2.24) is 10.3 Å². The number of para-hydroxylation sites is 2. The third-order valence-electron chi connectivity index (χ3n) is 3.55. The van der Waals surface area contributed by atoms with Crippen molar-refractivity contribution >= 4 is 28.3 Å². The molecular formula is C17H19N3O4S. The molecule has 2 heterocycles. The van der Waals surface area contributed by atoms with Crippen LogP contribution in [0.15, 0.2) is 29.6 Å². The first-order valence-electron chi connectivity index (χ1n) is 8.00. The lowest BCUT2D eigenvalue weighted by atomic mass is 10.2. The zero-order valence-electron chi connectivity index (χ0n) is 13.8. The largest absolute Gasteiger partial charge is 0.485 e. The van der Waals surface area contributed by atoms with Crippen molar-refractivity contribution in [3.05, 3.63) is 35.3 Å². The molecule has 8 heteroatoms. The number of aromatic nitrogens is 1. The van der Waals surface area contributed by atoms with Crippen LogP contribution in [0.25, 0.3) is 0 Å². The van der Waals surface area contributed by atoms with Crippen LogP contribution in [-0.4, -0.2) is 36.1 Å².